The first-order valence-corrected chi connectivity index (χ1v) is 10.4. The van der Waals surface area contributed by atoms with Crippen LogP contribution in [0.2, 0.25) is 0 Å². The van der Waals surface area contributed by atoms with Crippen LogP contribution in [0.3, 0.4) is 0 Å². The van der Waals surface area contributed by atoms with Crippen molar-refractivity contribution in [3.05, 3.63) is 54.1 Å². The Kier molecular flexibility index (Phi) is 4.41. The molecule has 0 N–H and O–H groups in total. The van der Waals surface area contributed by atoms with E-state index in [1.165, 1.54) is 16.9 Å². The number of fused-ring (bicyclic) bond motifs is 3. The van der Waals surface area contributed by atoms with E-state index in [9.17, 15) is 9.59 Å². The number of aromatic nitrogens is 2. The summed E-state index contributed by atoms with van der Waals surface area (Å²) in [5, 5.41) is 0. The average molecular weight is 378 g/mol. The second kappa shape index (κ2) is 7.08. The molecular weight excluding hydrogens is 352 g/mol. The molecule has 3 aliphatic rings. The Morgan fingerprint density at radius 3 is 2.82 bits per heavy atom. The molecule has 5 rings (SSSR count). The van der Waals surface area contributed by atoms with Gasteiger partial charge in [-0.3, -0.25) is 9.69 Å². The van der Waals surface area contributed by atoms with Crippen LogP contribution in [0.25, 0.3) is 0 Å². The van der Waals surface area contributed by atoms with Gasteiger partial charge < -0.3 is 9.47 Å². The molecule has 3 heterocycles. The van der Waals surface area contributed by atoms with Gasteiger partial charge in [0.05, 0.1) is 6.54 Å². The summed E-state index contributed by atoms with van der Waals surface area (Å²) in [5.74, 6) is 1.67. The fourth-order valence-electron chi connectivity index (χ4n) is 5.31. The van der Waals surface area contributed by atoms with Gasteiger partial charge >= 0.3 is 6.03 Å². The van der Waals surface area contributed by atoms with Crippen LogP contribution in [-0.4, -0.2) is 43.9 Å². The van der Waals surface area contributed by atoms with E-state index in [-0.39, 0.29) is 24.5 Å². The monoisotopic (exact) mass is 378 g/mol. The van der Waals surface area contributed by atoms with E-state index in [0.29, 0.717) is 11.8 Å². The minimum atomic E-state index is -0.221. The van der Waals surface area contributed by atoms with Gasteiger partial charge in [-0.1, -0.05) is 36.8 Å². The van der Waals surface area contributed by atoms with Crippen LogP contribution in [0.5, 0.6) is 0 Å². The van der Waals surface area contributed by atoms with Crippen molar-refractivity contribution >= 4 is 11.9 Å². The first-order chi connectivity index (χ1) is 13.7. The van der Waals surface area contributed by atoms with E-state index < -0.39 is 0 Å². The number of carbonyl (C=O) groups is 2. The average Bonchev–Trinajstić information content (AvgIpc) is 3.44. The zero-order valence-electron chi connectivity index (χ0n) is 16.0. The Morgan fingerprint density at radius 1 is 1.11 bits per heavy atom. The largest absolute Gasteiger partial charge is 0.333 e. The predicted molar refractivity (Wildman–Crippen MR) is 104 cm³/mol. The molecule has 1 aromatic carbocycles. The van der Waals surface area contributed by atoms with Crippen molar-refractivity contribution in [3.63, 3.8) is 0 Å². The van der Waals surface area contributed by atoms with Gasteiger partial charge in [-0.05, 0) is 43.1 Å². The predicted octanol–water partition coefficient (Wildman–Crippen LogP) is 3.08. The fraction of sp³-hybridized carbons (Fsp3) is 0.500. The van der Waals surface area contributed by atoms with Gasteiger partial charge in [0.1, 0.15) is 11.9 Å². The minimum absolute atomic E-state index is 0.0155. The molecule has 6 nitrogen and oxygen atoms in total. The van der Waals surface area contributed by atoms with E-state index in [1.54, 1.807) is 6.20 Å². The number of imidazole rings is 1. The molecule has 3 fully saturated rings. The molecule has 0 radical (unpaired) electrons. The standard InChI is InChI=1S/C22H26N4O2/c27-21-20-18-10-4-9-17(18)14-25(20)22(28)26(21)15-19-23-11-13-24(19)12-5-8-16-6-2-1-3-7-16/h1-3,6-7,11,13,17-18,20H,4-5,8-10,12,14-15H2/t17-,18-,20+/m1/s1. The molecule has 146 valence electrons. The topological polar surface area (TPSA) is 58.4 Å². The molecule has 2 aromatic rings. The highest BCUT2D eigenvalue weighted by molar-refractivity contribution is 6.04. The molecule has 1 aromatic heterocycles. The van der Waals surface area contributed by atoms with Crippen molar-refractivity contribution < 1.29 is 9.59 Å². The van der Waals surface area contributed by atoms with Crippen LogP contribution in [0.4, 0.5) is 4.79 Å². The van der Waals surface area contributed by atoms with Crippen LogP contribution in [0.1, 0.15) is 37.1 Å². The summed E-state index contributed by atoms with van der Waals surface area (Å²) >= 11 is 0. The molecule has 1 saturated carbocycles. The lowest BCUT2D eigenvalue weighted by atomic mass is 9.93. The van der Waals surface area contributed by atoms with Crippen molar-refractivity contribution in [2.45, 2.75) is 51.2 Å². The number of hydrogen-bond acceptors (Lipinski definition) is 3. The Morgan fingerprint density at radius 2 is 1.96 bits per heavy atom. The SMILES string of the molecule is O=C1[C@@H]2[C@@H]3CCC[C@@H]3CN2C(=O)N1Cc1nccn1CCCc1ccccc1. The number of nitrogens with zero attached hydrogens (tertiary/aromatic N) is 4. The van der Waals surface area contributed by atoms with Crippen LogP contribution in [0, 0.1) is 11.8 Å². The number of carbonyl (C=O) groups excluding carboxylic acids is 2. The first kappa shape index (κ1) is 17.5. The summed E-state index contributed by atoms with van der Waals surface area (Å²) in [6.07, 6.45) is 9.12. The van der Waals surface area contributed by atoms with Crippen molar-refractivity contribution in [3.8, 4) is 0 Å². The normalized spacial score (nSPS) is 26.2. The smallest absolute Gasteiger partial charge is 0.327 e. The number of urea groups is 1. The lowest BCUT2D eigenvalue weighted by molar-refractivity contribution is -0.129. The number of rotatable bonds is 6. The van der Waals surface area contributed by atoms with Crippen molar-refractivity contribution in [1.29, 1.82) is 0 Å². The molecular formula is C22H26N4O2. The second-order valence-corrected chi connectivity index (χ2v) is 8.29. The van der Waals surface area contributed by atoms with Gasteiger partial charge in [0.2, 0.25) is 0 Å². The van der Waals surface area contributed by atoms with E-state index in [2.05, 4.69) is 33.8 Å². The molecule has 2 aliphatic heterocycles. The fourth-order valence-corrected chi connectivity index (χ4v) is 5.31. The summed E-state index contributed by atoms with van der Waals surface area (Å²) in [6, 6.07) is 10.1. The Hall–Kier alpha value is -2.63. The third-order valence-corrected chi connectivity index (χ3v) is 6.69. The first-order valence-electron chi connectivity index (χ1n) is 10.4. The molecule has 2 saturated heterocycles. The highest BCUT2D eigenvalue weighted by Gasteiger charge is 2.56. The van der Waals surface area contributed by atoms with Gasteiger partial charge in [-0.2, -0.15) is 0 Å². The van der Waals surface area contributed by atoms with E-state index >= 15 is 0 Å². The second-order valence-electron chi connectivity index (χ2n) is 8.29. The summed E-state index contributed by atoms with van der Waals surface area (Å²) in [6.45, 7) is 1.86. The summed E-state index contributed by atoms with van der Waals surface area (Å²) in [7, 11) is 0. The molecule has 1 aliphatic carbocycles. The highest BCUT2D eigenvalue weighted by Crippen LogP contribution is 2.45. The van der Waals surface area contributed by atoms with E-state index in [0.717, 1.165) is 44.6 Å². The summed E-state index contributed by atoms with van der Waals surface area (Å²) in [4.78, 5) is 33.5. The minimum Gasteiger partial charge on any atom is -0.333 e. The zero-order valence-corrected chi connectivity index (χ0v) is 16.0. The lowest BCUT2D eigenvalue weighted by Crippen LogP contribution is -2.35. The molecule has 28 heavy (non-hydrogen) atoms. The Labute approximate surface area is 165 Å². The molecule has 3 atom stereocenters. The summed E-state index contributed by atoms with van der Waals surface area (Å²) in [5.41, 5.74) is 1.32. The highest BCUT2D eigenvalue weighted by atomic mass is 16.2. The van der Waals surface area contributed by atoms with E-state index in [1.807, 2.05) is 17.2 Å². The van der Waals surface area contributed by atoms with Crippen molar-refractivity contribution in [2.75, 3.05) is 6.54 Å². The number of benzene rings is 1. The Bertz CT molecular complexity index is 878. The Balaban J connectivity index is 1.24. The van der Waals surface area contributed by atoms with Gasteiger partial charge in [0.25, 0.3) is 5.91 Å². The maximum atomic E-state index is 13.0. The molecule has 0 unspecified atom stereocenters. The van der Waals surface area contributed by atoms with Crippen molar-refractivity contribution in [2.24, 2.45) is 11.8 Å². The maximum absolute atomic E-state index is 13.0. The zero-order chi connectivity index (χ0) is 19.1. The van der Waals surface area contributed by atoms with Gasteiger partial charge in [-0.25, -0.2) is 9.78 Å². The third kappa shape index (κ3) is 2.91. The van der Waals surface area contributed by atoms with Crippen LogP contribution >= 0.6 is 0 Å². The van der Waals surface area contributed by atoms with Crippen LogP contribution < -0.4 is 0 Å². The third-order valence-electron chi connectivity index (χ3n) is 6.69. The number of imide groups is 1. The van der Waals surface area contributed by atoms with Crippen LogP contribution in [0.15, 0.2) is 42.7 Å². The lowest BCUT2D eigenvalue weighted by Gasteiger charge is -2.18. The molecule has 0 bridgehead atoms. The number of amides is 3. The van der Waals surface area contributed by atoms with Crippen LogP contribution in [-0.2, 0) is 24.3 Å². The molecule has 6 heteroatoms. The molecule has 3 amide bonds. The summed E-state index contributed by atoms with van der Waals surface area (Å²) < 4.78 is 2.07. The van der Waals surface area contributed by atoms with Crippen molar-refractivity contribution in [1.82, 2.24) is 19.4 Å². The van der Waals surface area contributed by atoms with Gasteiger partial charge in [0, 0.05) is 25.5 Å². The quantitative estimate of drug-likeness (QED) is 0.726. The number of aryl methyl sites for hydroxylation is 2. The number of hydrogen-bond donors (Lipinski definition) is 0. The van der Waals surface area contributed by atoms with E-state index in [4.69, 9.17) is 0 Å². The van der Waals surface area contributed by atoms with Gasteiger partial charge in [-0.15, -0.1) is 0 Å². The maximum Gasteiger partial charge on any atom is 0.327 e. The molecule has 0 spiro atoms. The van der Waals surface area contributed by atoms with Gasteiger partial charge in [0.15, 0.2) is 0 Å².